The number of rotatable bonds is 6. The molecule has 1 aromatic carbocycles. The normalized spacial score (nSPS) is 15.7. The highest BCUT2D eigenvalue weighted by Gasteiger charge is 2.28. The van der Waals surface area contributed by atoms with Crippen LogP contribution in [0.3, 0.4) is 0 Å². The van der Waals surface area contributed by atoms with Crippen molar-refractivity contribution in [1.29, 1.82) is 5.26 Å². The number of ether oxygens (including phenoxy) is 1. The van der Waals surface area contributed by atoms with Gasteiger partial charge in [0.2, 0.25) is 0 Å². The third-order valence-corrected chi connectivity index (χ3v) is 4.71. The first kappa shape index (κ1) is 18.8. The molecule has 0 unspecified atom stereocenters. The van der Waals surface area contributed by atoms with Crippen molar-refractivity contribution in [3.63, 3.8) is 0 Å². The van der Waals surface area contributed by atoms with Gasteiger partial charge in [-0.15, -0.1) is 0 Å². The molecular weight excluding hydrogens is 318 g/mol. The molecule has 1 aliphatic rings. The summed E-state index contributed by atoms with van der Waals surface area (Å²) in [5.74, 6) is 0.279. The van der Waals surface area contributed by atoms with Crippen molar-refractivity contribution in [2.75, 3.05) is 14.2 Å². The molecule has 2 amide bonds. The Bertz CT molecular complexity index is 648. The molecule has 0 spiro atoms. The minimum absolute atomic E-state index is 0.334. The number of likely N-dealkylation sites (N-methyl/N-ethyl adjacent to an activating group) is 1. The number of carbonyl (C=O) groups is 2. The van der Waals surface area contributed by atoms with Crippen LogP contribution in [0, 0.1) is 17.4 Å². The first-order valence-corrected chi connectivity index (χ1v) is 8.67. The van der Waals surface area contributed by atoms with Crippen molar-refractivity contribution in [2.24, 2.45) is 5.92 Å². The van der Waals surface area contributed by atoms with Crippen LogP contribution in [-0.2, 0) is 4.79 Å². The Labute approximate surface area is 148 Å². The lowest BCUT2D eigenvalue weighted by Crippen LogP contribution is -2.47. The minimum atomic E-state index is -0.688. The number of nitriles is 1. The van der Waals surface area contributed by atoms with Gasteiger partial charge in [-0.2, -0.15) is 5.26 Å². The molecule has 25 heavy (non-hydrogen) atoms. The van der Waals surface area contributed by atoms with Gasteiger partial charge < -0.3 is 10.1 Å². The molecular formula is C19H25N3O3. The monoisotopic (exact) mass is 343 g/mol. The maximum Gasteiger partial charge on any atom is 0.257 e. The van der Waals surface area contributed by atoms with Crippen molar-refractivity contribution >= 4 is 11.8 Å². The van der Waals surface area contributed by atoms with Crippen LogP contribution in [0.4, 0.5) is 0 Å². The summed E-state index contributed by atoms with van der Waals surface area (Å²) < 4.78 is 5.14. The molecule has 0 bridgehead atoms. The number of hydrogen-bond donors (Lipinski definition) is 1. The SMILES string of the molecule is COc1cccc(C(=O)N[C@@H](CC2CCCCC2)C(=O)N(C)C#N)c1. The van der Waals surface area contributed by atoms with Crippen LogP contribution in [0.15, 0.2) is 24.3 Å². The van der Waals surface area contributed by atoms with E-state index in [2.05, 4.69) is 5.32 Å². The summed E-state index contributed by atoms with van der Waals surface area (Å²) in [5, 5.41) is 11.8. The lowest BCUT2D eigenvalue weighted by molar-refractivity contribution is -0.129. The number of benzene rings is 1. The molecule has 6 nitrogen and oxygen atoms in total. The van der Waals surface area contributed by atoms with Crippen LogP contribution >= 0.6 is 0 Å². The number of methoxy groups -OCH3 is 1. The summed E-state index contributed by atoms with van der Waals surface area (Å²) in [4.78, 5) is 26.0. The molecule has 2 rings (SSSR count). The van der Waals surface area contributed by atoms with E-state index in [0.717, 1.165) is 30.6 Å². The number of carbonyl (C=O) groups excluding carboxylic acids is 2. The van der Waals surface area contributed by atoms with Crippen molar-refractivity contribution in [1.82, 2.24) is 10.2 Å². The van der Waals surface area contributed by atoms with Gasteiger partial charge >= 0.3 is 0 Å². The zero-order chi connectivity index (χ0) is 18.2. The first-order chi connectivity index (χ1) is 12.0. The van der Waals surface area contributed by atoms with E-state index in [9.17, 15) is 9.59 Å². The fourth-order valence-electron chi connectivity index (χ4n) is 3.27. The summed E-state index contributed by atoms with van der Waals surface area (Å²) in [6, 6.07) is 6.10. The Morgan fingerprint density at radius 2 is 2.08 bits per heavy atom. The Morgan fingerprint density at radius 3 is 2.72 bits per heavy atom. The van der Waals surface area contributed by atoms with Crippen molar-refractivity contribution in [3.05, 3.63) is 29.8 Å². The van der Waals surface area contributed by atoms with Gasteiger partial charge in [0, 0.05) is 12.6 Å². The van der Waals surface area contributed by atoms with Crippen LogP contribution in [0.2, 0.25) is 0 Å². The third-order valence-electron chi connectivity index (χ3n) is 4.71. The average molecular weight is 343 g/mol. The van der Waals surface area contributed by atoms with Gasteiger partial charge in [0.05, 0.1) is 7.11 Å². The molecule has 1 N–H and O–H groups in total. The van der Waals surface area contributed by atoms with E-state index in [0.29, 0.717) is 23.7 Å². The van der Waals surface area contributed by atoms with Crippen LogP contribution in [0.5, 0.6) is 5.75 Å². The van der Waals surface area contributed by atoms with E-state index in [4.69, 9.17) is 10.00 Å². The summed E-state index contributed by atoms with van der Waals surface area (Å²) in [7, 11) is 2.96. The number of nitrogens with zero attached hydrogens (tertiary/aromatic N) is 2. The molecule has 0 aliphatic heterocycles. The van der Waals surface area contributed by atoms with Gasteiger partial charge in [-0.1, -0.05) is 38.2 Å². The van der Waals surface area contributed by atoms with E-state index in [1.54, 1.807) is 24.3 Å². The Kier molecular flexibility index (Phi) is 6.81. The summed E-state index contributed by atoms with van der Waals surface area (Å²) >= 11 is 0. The maximum absolute atomic E-state index is 12.6. The van der Waals surface area contributed by atoms with Gasteiger partial charge in [0.1, 0.15) is 11.8 Å². The topological polar surface area (TPSA) is 82.4 Å². The predicted octanol–water partition coefficient (Wildman–Crippen LogP) is 2.70. The lowest BCUT2D eigenvalue weighted by Gasteiger charge is -2.27. The van der Waals surface area contributed by atoms with Crippen molar-refractivity contribution in [2.45, 2.75) is 44.6 Å². The zero-order valence-corrected chi connectivity index (χ0v) is 14.8. The molecule has 1 saturated carbocycles. The summed E-state index contributed by atoms with van der Waals surface area (Å²) in [5.41, 5.74) is 0.431. The lowest BCUT2D eigenvalue weighted by atomic mass is 9.84. The molecule has 1 aliphatic carbocycles. The highest BCUT2D eigenvalue weighted by molar-refractivity contribution is 5.98. The fraction of sp³-hybridized carbons (Fsp3) is 0.526. The average Bonchev–Trinajstić information content (AvgIpc) is 2.67. The maximum atomic E-state index is 12.6. The molecule has 1 atom stereocenters. The summed E-state index contributed by atoms with van der Waals surface area (Å²) in [6.45, 7) is 0. The van der Waals surface area contributed by atoms with Gasteiger partial charge in [0.25, 0.3) is 11.8 Å². The van der Waals surface area contributed by atoms with Gasteiger partial charge in [-0.05, 0) is 30.5 Å². The van der Waals surface area contributed by atoms with Crippen LogP contribution in [0.25, 0.3) is 0 Å². The minimum Gasteiger partial charge on any atom is -0.497 e. The molecule has 0 saturated heterocycles. The smallest absolute Gasteiger partial charge is 0.257 e. The molecule has 1 aromatic rings. The summed E-state index contributed by atoms with van der Waals surface area (Å²) in [6.07, 6.45) is 8.06. The molecule has 0 radical (unpaired) electrons. The second-order valence-corrected chi connectivity index (χ2v) is 6.49. The Morgan fingerprint density at radius 1 is 1.36 bits per heavy atom. The second kappa shape index (κ2) is 9.07. The van der Waals surface area contributed by atoms with Crippen molar-refractivity contribution < 1.29 is 14.3 Å². The quantitative estimate of drug-likeness (QED) is 0.636. The van der Waals surface area contributed by atoms with E-state index >= 15 is 0 Å². The van der Waals surface area contributed by atoms with E-state index in [-0.39, 0.29) is 11.8 Å². The van der Waals surface area contributed by atoms with Gasteiger partial charge in [0.15, 0.2) is 6.19 Å². The highest BCUT2D eigenvalue weighted by atomic mass is 16.5. The number of hydrogen-bond acceptors (Lipinski definition) is 4. The molecule has 134 valence electrons. The first-order valence-electron chi connectivity index (χ1n) is 8.67. The molecule has 1 fully saturated rings. The Hall–Kier alpha value is -2.55. The van der Waals surface area contributed by atoms with Crippen molar-refractivity contribution in [3.8, 4) is 11.9 Å². The predicted molar refractivity (Wildman–Crippen MR) is 93.8 cm³/mol. The second-order valence-electron chi connectivity index (χ2n) is 6.49. The number of nitrogens with one attached hydrogen (secondary N) is 1. The largest absolute Gasteiger partial charge is 0.497 e. The Balaban J connectivity index is 2.11. The molecule has 0 aromatic heterocycles. The van der Waals surface area contributed by atoms with Gasteiger partial charge in [-0.3, -0.25) is 14.5 Å². The van der Waals surface area contributed by atoms with E-state index in [1.807, 2.05) is 6.19 Å². The standard InChI is InChI=1S/C19H25N3O3/c1-22(13-20)19(24)17(11-14-7-4-3-5-8-14)21-18(23)15-9-6-10-16(12-15)25-2/h6,9-10,12,14,17H,3-5,7-8,11H2,1-2H3,(H,21,23)/t17-/m0/s1. The number of amides is 2. The van der Waals surface area contributed by atoms with Crippen LogP contribution < -0.4 is 10.1 Å². The van der Waals surface area contributed by atoms with Crippen LogP contribution in [-0.4, -0.2) is 36.9 Å². The fourth-order valence-corrected chi connectivity index (χ4v) is 3.27. The molecule has 0 heterocycles. The van der Waals surface area contributed by atoms with E-state index in [1.165, 1.54) is 20.6 Å². The molecule has 6 heteroatoms. The zero-order valence-electron chi connectivity index (χ0n) is 14.8. The highest BCUT2D eigenvalue weighted by Crippen LogP contribution is 2.27. The van der Waals surface area contributed by atoms with Crippen LogP contribution in [0.1, 0.15) is 48.9 Å². The third kappa shape index (κ3) is 5.21. The van der Waals surface area contributed by atoms with Gasteiger partial charge in [-0.25, -0.2) is 0 Å². The van der Waals surface area contributed by atoms with E-state index < -0.39 is 6.04 Å².